The Kier molecular flexibility index (Phi) is 11.2. The van der Waals surface area contributed by atoms with Crippen LogP contribution in [0, 0.1) is 18.8 Å². The SMILES string of the molecule is COc1ccc(C2=C[C@@H](OC(=O)C(CC(=O)OCC3c4ccccc4-c4ccccc43)CC(C)C)CCc3c2cc(OC)c(OC)c3OC)cc1C. The minimum absolute atomic E-state index is 0.0566. The summed E-state index contributed by atoms with van der Waals surface area (Å²) in [6.07, 6.45) is 2.91. The second kappa shape index (κ2) is 16.0. The third-order valence-corrected chi connectivity index (χ3v) is 10.1. The minimum Gasteiger partial charge on any atom is -0.496 e. The molecule has 272 valence electrons. The van der Waals surface area contributed by atoms with E-state index >= 15 is 0 Å². The monoisotopic (exact) mass is 704 g/mol. The van der Waals surface area contributed by atoms with Crippen molar-refractivity contribution in [2.24, 2.45) is 11.8 Å². The number of carbonyl (C=O) groups is 2. The van der Waals surface area contributed by atoms with Gasteiger partial charge in [0.05, 0.1) is 40.8 Å². The summed E-state index contributed by atoms with van der Waals surface area (Å²) in [5, 5.41) is 0. The number of benzene rings is 4. The highest BCUT2D eigenvalue weighted by atomic mass is 16.6. The quantitative estimate of drug-likeness (QED) is 0.128. The molecule has 0 bridgehead atoms. The van der Waals surface area contributed by atoms with Crippen molar-refractivity contribution in [2.75, 3.05) is 35.0 Å². The molecule has 2 atom stereocenters. The van der Waals surface area contributed by atoms with Gasteiger partial charge in [-0.15, -0.1) is 0 Å². The van der Waals surface area contributed by atoms with Crippen molar-refractivity contribution in [2.45, 2.75) is 58.5 Å². The van der Waals surface area contributed by atoms with Crippen molar-refractivity contribution < 1.29 is 38.0 Å². The maximum atomic E-state index is 14.0. The maximum absolute atomic E-state index is 14.0. The van der Waals surface area contributed by atoms with Crippen LogP contribution in [0.3, 0.4) is 0 Å². The topological polar surface area (TPSA) is 89.5 Å². The maximum Gasteiger partial charge on any atom is 0.310 e. The molecule has 0 fully saturated rings. The zero-order chi connectivity index (χ0) is 36.9. The summed E-state index contributed by atoms with van der Waals surface area (Å²) in [6.45, 7) is 6.28. The Labute approximate surface area is 306 Å². The van der Waals surface area contributed by atoms with E-state index in [1.807, 2.05) is 69.3 Å². The fourth-order valence-corrected chi connectivity index (χ4v) is 7.69. The molecule has 8 nitrogen and oxygen atoms in total. The van der Waals surface area contributed by atoms with E-state index < -0.39 is 24.0 Å². The van der Waals surface area contributed by atoms with E-state index in [1.165, 1.54) is 0 Å². The predicted octanol–water partition coefficient (Wildman–Crippen LogP) is 8.73. The summed E-state index contributed by atoms with van der Waals surface area (Å²) in [6, 6.07) is 24.4. The van der Waals surface area contributed by atoms with Crippen LogP contribution in [0.4, 0.5) is 0 Å². The van der Waals surface area contributed by atoms with E-state index in [-0.39, 0.29) is 24.9 Å². The molecule has 0 N–H and O–H groups in total. The smallest absolute Gasteiger partial charge is 0.310 e. The van der Waals surface area contributed by atoms with Crippen LogP contribution in [0.25, 0.3) is 16.7 Å². The van der Waals surface area contributed by atoms with Gasteiger partial charge in [0.2, 0.25) is 5.75 Å². The molecule has 0 saturated heterocycles. The first kappa shape index (κ1) is 36.5. The molecule has 2 aliphatic rings. The highest BCUT2D eigenvalue weighted by molar-refractivity contribution is 5.87. The van der Waals surface area contributed by atoms with Crippen LogP contribution < -0.4 is 18.9 Å². The van der Waals surface area contributed by atoms with Gasteiger partial charge >= 0.3 is 11.9 Å². The Hall–Kier alpha value is -5.24. The summed E-state index contributed by atoms with van der Waals surface area (Å²) in [5.74, 6) is 1.01. The molecule has 0 radical (unpaired) electrons. The fourth-order valence-electron chi connectivity index (χ4n) is 7.69. The van der Waals surface area contributed by atoms with Gasteiger partial charge in [-0.25, -0.2) is 0 Å². The lowest BCUT2D eigenvalue weighted by Gasteiger charge is -2.21. The Morgan fingerprint density at radius 1 is 0.769 bits per heavy atom. The molecule has 1 unspecified atom stereocenters. The third kappa shape index (κ3) is 7.38. The number of carbonyl (C=O) groups excluding carboxylic acids is 2. The van der Waals surface area contributed by atoms with E-state index in [4.69, 9.17) is 28.4 Å². The third-order valence-electron chi connectivity index (χ3n) is 10.1. The zero-order valence-electron chi connectivity index (χ0n) is 31.1. The van der Waals surface area contributed by atoms with Crippen LogP contribution in [0.5, 0.6) is 23.0 Å². The molecular formula is C44H48O8. The molecule has 0 saturated carbocycles. The Morgan fingerprint density at radius 3 is 2.02 bits per heavy atom. The molecule has 0 aliphatic heterocycles. The molecule has 6 rings (SSSR count). The van der Waals surface area contributed by atoms with Crippen molar-refractivity contribution in [3.63, 3.8) is 0 Å². The molecule has 8 heteroatoms. The Bertz CT molecular complexity index is 1930. The highest BCUT2D eigenvalue weighted by Gasteiger charge is 2.33. The van der Waals surface area contributed by atoms with Crippen LogP contribution in [0.2, 0.25) is 0 Å². The summed E-state index contributed by atoms with van der Waals surface area (Å²) >= 11 is 0. The normalized spacial score (nSPS) is 15.4. The lowest BCUT2D eigenvalue weighted by atomic mass is 9.91. The first-order valence-electron chi connectivity index (χ1n) is 17.9. The highest BCUT2D eigenvalue weighted by Crippen LogP contribution is 2.48. The van der Waals surface area contributed by atoms with Gasteiger partial charge in [-0.3, -0.25) is 9.59 Å². The number of methoxy groups -OCH3 is 4. The van der Waals surface area contributed by atoms with Gasteiger partial charge < -0.3 is 28.4 Å². The van der Waals surface area contributed by atoms with E-state index in [1.54, 1.807) is 28.4 Å². The predicted molar refractivity (Wildman–Crippen MR) is 201 cm³/mol. The van der Waals surface area contributed by atoms with Gasteiger partial charge in [0.15, 0.2) is 11.5 Å². The standard InChI is InChI=1S/C44H48O8/c1-26(2)20-29(22-41(45)51-25-38-33-14-10-8-12-31(33)32-13-9-11-15-34(32)38)44(46)52-30-17-18-35-37(24-40(48-5)43(50-7)42(35)49-6)36(23-30)28-16-19-39(47-4)27(3)21-28/h8-16,19,21,23-24,26,29-30,38H,17-18,20,22,25H2,1-7H3/t29?,30-/m0/s1. The summed E-state index contributed by atoms with van der Waals surface area (Å²) in [7, 11) is 6.44. The molecule has 0 spiro atoms. The van der Waals surface area contributed by atoms with Gasteiger partial charge in [0.25, 0.3) is 0 Å². The molecule has 0 aromatic heterocycles. The second-order valence-electron chi connectivity index (χ2n) is 13.9. The van der Waals surface area contributed by atoms with Gasteiger partial charge in [-0.05, 0) is 101 Å². The molecule has 52 heavy (non-hydrogen) atoms. The van der Waals surface area contributed by atoms with Crippen LogP contribution in [0.1, 0.15) is 72.4 Å². The lowest BCUT2D eigenvalue weighted by molar-refractivity contribution is -0.158. The molecule has 2 aliphatic carbocycles. The summed E-state index contributed by atoms with van der Waals surface area (Å²) in [4.78, 5) is 27.5. The second-order valence-corrected chi connectivity index (χ2v) is 13.9. The first-order chi connectivity index (χ1) is 25.2. The largest absolute Gasteiger partial charge is 0.496 e. The van der Waals surface area contributed by atoms with Crippen LogP contribution in [-0.2, 0) is 25.5 Å². The van der Waals surface area contributed by atoms with E-state index in [9.17, 15) is 9.59 Å². The van der Waals surface area contributed by atoms with Gasteiger partial charge in [0.1, 0.15) is 18.5 Å². The first-order valence-corrected chi connectivity index (χ1v) is 17.9. The number of hydrogen-bond acceptors (Lipinski definition) is 8. The molecular weight excluding hydrogens is 656 g/mol. The van der Waals surface area contributed by atoms with Crippen LogP contribution in [0.15, 0.2) is 78.9 Å². The van der Waals surface area contributed by atoms with Crippen molar-refractivity contribution in [3.05, 3.63) is 112 Å². The van der Waals surface area contributed by atoms with Gasteiger partial charge in [-0.2, -0.15) is 0 Å². The fraction of sp³-hybridized carbons (Fsp3) is 0.364. The number of rotatable bonds is 13. The van der Waals surface area contributed by atoms with Gasteiger partial charge in [-0.1, -0.05) is 68.4 Å². The number of aryl methyl sites for hydroxylation is 1. The lowest BCUT2D eigenvalue weighted by Crippen LogP contribution is -2.27. The van der Waals surface area contributed by atoms with E-state index in [0.29, 0.717) is 36.5 Å². The molecule has 4 aromatic rings. The number of esters is 2. The average molecular weight is 705 g/mol. The van der Waals surface area contributed by atoms with E-state index in [2.05, 4.69) is 30.3 Å². The zero-order valence-corrected chi connectivity index (χ0v) is 31.1. The van der Waals surface area contributed by atoms with Crippen molar-refractivity contribution in [1.82, 2.24) is 0 Å². The summed E-state index contributed by atoms with van der Waals surface area (Å²) in [5.41, 5.74) is 9.20. The van der Waals surface area contributed by atoms with Crippen molar-refractivity contribution >= 4 is 17.5 Å². The number of ether oxygens (including phenoxy) is 6. The number of hydrogen-bond donors (Lipinski definition) is 0. The Morgan fingerprint density at radius 2 is 1.42 bits per heavy atom. The minimum atomic E-state index is -0.656. The van der Waals surface area contributed by atoms with Crippen molar-refractivity contribution in [3.8, 4) is 34.1 Å². The van der Waals surface area contributed by atoms with Crippen LogP contribution >= 0.6 is 0 Å². The van der Waals surface area contributed by atoms with E-state index in [0.717, 1.165) is 55.8 Å². The van der Waals surface area contributed by atoms with Gasteiger partial charge in [0, 0.05) is 11.5 Å². The average Bonchev–Trinajstić information content (AvgIpc) is 3.35. The Balaban J connectivity index is 1.25. The molecule has 4 aromatic carbocycles. The number of fused-ring (bicyclic) bond motifs is 4. The molecule has 0 amide bonds. The van der Waals surface area contributed by atoms with Crippen molar-refractivity contribution in [1.29, 1.82) is 0 Å². The molecule has 0 heterocycles. The van der Waals surface area contributed by atoms with Crippen LogP contribution in [-0.4, -0.2) is 53.1 Å². The summed E-state index contributed by atoms with van der Waals surface area (Å²) < 4.78 is 35.1.